The van der Waals surface area contributed by atoms with Crippen LogP contribution in [-0.2, 0) is 10.0 Å². The van der Waals surface area contributed by atoms with Crippen LogP contribution in [0, 0.1) is 11.6 Å². The van der Waals surface area contributed by atoms with Crippen LogP contribution >= 0.6 is 0 Å². The van der Waals surface area contributed by atoms with Gasteiger partial charge in [-0.05, 0) is 24.3 Å². The maximum atomic E-state index is 13.2. The van der Waals surface area contributed by atoms with Crippen molar-refractivity contribution >= 4 is 15.7 Å². The van der Waals surface area contributed by atoms with E-state index in [0.717, 1.165) is 12.1 Å². The van der Waals surface area contributed by atoms with Gasteiger partial charge in [0.1, 0.15) is 11.6 Å². The van der Waals surface area contributed by atoms with Crippen molar-refractivity contribution in [2.75, 3.05) is 17.9 Å². The second kappa shape index (κ2) is 6.04. The van der Waals surface area contributed by atoms with Gasteiger partial charge in [-0.25, -0.2) is 17.2 Å². The summed E-state index contributed by atoms with van der Waals surface area (Å²) in [6, 6.07) is 6.59. The van der Waals surface area contributed by atoms with E-state index < -0.39 is 21.7 Å². The van der Waals surface area contributed by atoms with E-state index in [2.05, 4.69) is 4.72 Å². The maximum absolute atomic E-state index is 13.2. The molecule has 0 unspecified atom stereocenters. The Labute approximate surface area is 131 Å². The van der Waals surface area contributed by atoms with Crippen LogP contribution in [0.15, 0.2) is 41.3 Å². The number of benzene rings is 2. The van der Waals surface area contributed by atoms with Gasteiger partial charge in [0.2, 0.25) is 0 Å². The third-order valence-electron chi connectivity index (χ3n) is 3.14. The first-order chi connectivity index (χ1) is 10.9. The molecule has 1 aliphatic rings. The molecule has 3 rings (SSSR count). The third kappa shape index (κ3) is 3.53. The van der Waals surface area contributed by atoms with Gasteiger partial charge in [-0.3, -0.25) is 4.72 Å². The molecule has 5 nitrogen and oxygen atoms in total. The van der Waals surface area contributed by atoms with Gasteiger partial charge in [0.05, 0.1) is 23.8 Å². The lowest BCUT2D eigenvalue weighted by Crippen LogP contribution is -2.13. The van der Waals surface area contributed by atoms with Crippen molar-refractivity contribution in [3.63, 3.8) is 0 Å². The molecular formula is C15H13F2NO4S. The van der Waals surface area contributed by atoms with Gasteiger partial charge in [-0.15, -0.1) is 0 Å². The van der Waals surface area contributed by atoms with Crippen molar-refractivity contribution in [1.82, 2.24) is 0 Å². The standard InChI is InChI=1S/C15H13F2NO4S/c16-10-6-11(17)8-12(7-10)18-23(19,20)13-2-3-14-15(9-13)22-5-1-4-21-14/h2-3,6-9,18H,1,4-5H2. The van der Waals surface area contributed by atoms with Crippen LogP contribution in [0.4, 0.5) is 14.5 Å². The summed E-state index contributed by atoms with van der Waals surface area (Å²) < 4.78 is 64.0. The first kappa shape index (κ1) is 15.5. The molecule has 1 N–H and O–H groups in total. The lowest BCUT2D eigenvalue weighted by Gasteiger charge is -2.11. The number of sulfonamides is 1. The molecule has 0 bridgehead atoms. The van der Waals surface area contributed by atoms with Crippen LogP contribution in [0.3, 0.4) is 0 Å². The van der Waals surface area contributed by atoms with Crippen molar-refractivity contribution in [1.29, 1.82) is 0 Å². The molecule has 122 valence electrons. The number of rotatable bonds is 3. The molecule has 0 saturated heterocycles. The molecule has 0 saturated carbocycles. The summed E-state index contributed by atoms with van der Waals surface area (Å²) in [7, 11) is -4.01. The first-order valence-corrected chi connectivity index (χ1v) is 8.31. The van der Waals surface area contributed by atoms with E-state index in [1.54, 1.807) is 0 Å². The Morgan fingerprint density at radius 3 is 2.26 bits per heavy atom. The lowest BCUT2D eigenvalue weighted by molar-refractivity contribution is 0.297. The second-order valence-corrected chi connectivity index (χ2v) is 6.61. The number of hydrogen-bond donors (Lipinski definition) is 1. The van der Waals surface area contributed by atoms with E-state index in [1.807, 2.05) is 0 Å². The van der Waals surface area contributed by atoms with Gasteiger partial charge in [-0.2, -0.15) is 0 Å². The second-order valence-electron chi connectivity index (χ2n) is 4.92. The minimum Gasteiger partial charge on any atom is -0.490 e. The summed E-state index contributed by atoms with van der Waals surface area (Å²) in [6.45, 7) is 0.902. The molecule has 23 heavy (non-hydrogen) atoms. The van der Waals surface area contributed by atoms with E-state index in [4.69, 9.17) is 9.47 Å². The van der Waals surface area contributed by atoms with Gasteiger partial charge in [-0.1, -0.05) is 0 Å². The number of hydrogen-bond acceptors (Lipinski definition) is 4. The van der Waals surface area contributed by atoms with Gasteiger partial charge >= 0.3 is 0 Å². The highest BCUT2D eigenvalue weighted by Gasteiger charge is 2.19. The highest BCUT2D eigenvalue weighted by Crippen LogP contribution is 2.32. The topological polar surface area (TPSA) is 64.6 Å². The maximum Gasteiger partial charge on any atom is 0.262 e. The Morgan fingerprint density at radius 1 is 0.913 bits per heavy atom. The van der Waals surface area contributed by atoms with Crippen molar-refractivity contribution in [3.05, 3.63) is 48.0 Å². The number of fused-ring (bicyclic) bond motifs is 1. The first-order valence-electron chi connectivity index (χ1n) is 6.83. The average Bonchev–Trinajstić information content (AvgIpc) is 2.69. The number of ether oxygens (including phenoxy) is 2. The molecule has 8 heteroatoms. The fraction of sp³-hybridized carbons (Fsp3) is 0.200. The molecule has 0 radical (unpaired) electrons. The number of anilines is 1. The number of halogens is 2. The van der Waals surface area contributed by atoms with Crippen molar-refractivity contribution in [2.24, 2.45) is 0 Å². The van der Waals surface area contributed by atoms with E-state index in [1.165, 1.54) is 18.2 Å². The average molecular weight is 341 g/mol. The number of nitrogens with one attached hydrogen (secondary N) is 1. The smallest absolute Gasteiger partial charge is 0.262 e. The molecule has 0 fully saturated rings. The monoisotopic (exact) mass is 341 g/mol. The highest BCUT2D eigenvalue weighted by atomic mass is 32.2. The van der Waals surface area contributed by atoms with Gasteiger partial charge in [0, 0.05) is 18.6 Å². The fourth-order valence-corrected chi connectivity index (χ4v) is 3.19. The molecule has 0 aliphatic carbocycles. The van der Waals surface area contributed by atoms with Crippen LogP contribution in [-0.4, -0.2) is 21.6 Å². The summed E-state index contributed by atoms with van der Waals surface area (Å²) in [5, 5.41) is 0. The molecule has 0 aromatic heterocycles. The van der Waals surface area contributed by atoms with Crippen molar-refractivity contribution in [2.45, 2.75) is 11.3 Å². The van der Waals surface area contributed by atoms with Crippen LogP contribution in [0.25, 0.3) is 0 Å². The summed E-state index contributed by atoms with van der Waals surface area (Å²) >= 11 is 0. The zero-order valence-corrected chi connectivity index (χ0v) is 12.7. The predicted octanol–water partition coefficient (Wildman–Crippen LogP) is 2.93. The molecule has 1 aliphatic heterocycles. The molecule has 2 aromatic rings. The summed E-state index contributed by atoms with van der Waals surface area (Å²) in [6.07, 6.45) is 0.692. The SMILES string of the molecule is O=S(=O)(Nc1cc(F)cc(F)c1)c1ccc2c(c1)OCCCO2. The Morgan fingerprint density at radius 2 is 1.57 bits per heavy atom. The summed E-state index contributed by atoms with van der Waals surface area (Å²) in [4.78, 5) is -0.0913. The quantitative estimate of drug-likeness (QED) is 0.932. The van der Waals surface area contributed by atoms with Gasteiger partial charge < -0.3 is 9.47 Å². The van der Waals surface area contributed by atoms with Crippen LogP contribution < -0.4 is 14.2 Å². The Balaban J connectivity index is 1.91. The van der Waals surface area contributed by atoms with E-state index >= 15 is 0 Å². The van der Waals surface area contributed by atoms with Gasteiger partial charge in [0.15, 0.2) is 11.5 Å². The Kier molecular flexibility index (Phi) is 4.08. The lowest BCUT2D eigenvalue weighted by atomic mass is 10.3. The molecule has 1 heterocycles. The third-order valence-corrected chi connectivity index (χ3v) is 4.52. The molecule has 0 atom stereocenters. The van der Waals surface area contributed by atoms with Crippen LogP contribution in [0.5, 0.6) is 11.5 Å². The van der Waals surface area contributed by atoms with E-state index in [0.29, 0.717) is 37.2 Å². The molecule has 0 amide bonds. The van der Waals surface area contributed by atoms with Gasteiger partial charge in [0.25, 0.3) is 10.0 Å². The minimum absolute atomic E-state index is 0.0913. The predicted molar refractivity (Wildman–Crippen MR) is 79.2 cm³/mol. The summed E-state index contributed by atoms with van der Waals surface area (Å²) in [5.74, 6) is -0.975. The molecular weight excluding hydrogens is 328 g/mol. The van der Waals surface area contributed by atoms with Crippen LogP contribution in [0.1, 0.15) is 6.42 Å². The zero-order valence-electron chi connectivity index (χ0n) is 11.9. The normalized spacial score (nSPS) is 14.2. The summed E-state index contributed by atoms with van der Waals surface area (Å²) in [5.41, 5.74) is -0.199. The van der Waals surface area contributed by atoms with Crippen molar-refractivity contribution in [3.8, 4) is 11.5 Å². The zero-order chi connectivity index (χ0) is 16.4. The fourth-order valence-electron chi connectivity index (χ4n) is 2.14. The molecule has 2 aromatic carbocycles. The van der Waals surface area contributed by atoms with Crippen LogP contribution in [0.2, 0.25) is 0 Å². The van der Waals surface area contributed by atoms with E-state index in [9.17, 15) is 17.2 Å². The Bertz CT molecular complexity index is 819. The largest absolute Gasteiger partial charge is 0.490 e. The van der Waals surface area contributed by atoms with Crippen molar-refractivity contribution < 1.29 is 26.7 Å². The molecule has 0 spiro atoms. The van der Waals surface area contributed by atoms with E-state index in [-0.39, 0.29) is 10.6 Å². The highest BCUT2D eigenvalue weighted by molar-refractivity contribution is 7.92. The Hall–Kier alpha value is -2.35. The minimum atomic E-state index is -4.01.